The lowest BCUT2D eigenvalue weighted by molar-refractivity contribution is 0.0999. The maximum Gasteiger partial charge on any atom is 0.294 e. The third kappa shape index (κ3) is 4.33. The van der Waals surface area contributed by atoms with Crippen LogP contribution in [0.1, 0.15) is 21.6 Å². The Morgan fingerprint density at radius 1 is 1.13 bits per heavy atom. The second-order valence-corrected chi connectivity index (χ2v) is 10.2. The highest BCUT2D eigenvalue weighted by Gasteiger charge is 2.18. The van der Waals surface area contributed by atoms with Gasteiger partial charge in [0.25, 0.3) is 5.19 Å². The number of imidazole rings is 1. The molecule has 1 amide bonds. The van der Waals surface area contributed by atoms with Crippen molar-refractivity contribution in [1.29, 1.82) is 0 Å². The number of thiazole rings is 1. The van der Waals surface area contributed by atoms with E-state index in [1.165, 1.54) is 22.7 Å². The molecule has 0 saturated carbocycles. The molecule has 0 bridgehead atoms. The van der Waals surface area contributed by atoms with Crippen LogP contribution in [0.4, 0.5) is 0 Å². The molecule has 2 aromatic carbocycles. The predicted octanol–water partition coefficient (Wildman–Crippen LogP) is 5.33. The molecule has 0 aliphatic carbocycles. The molecule has 4 heterocycles. The highest BCUT2D eigenvalue weighted by Crippen LogP contribution is 2.38. The molecule has 0 atom stereocenters. The van der Waals surface area contributed by atoms with E-state index in [1.807, 2.05) is 42.6 Å². The largest absolute Gasteiger partial charge is 0.496 e. The first-order chi connectivity index (χ1) is 18.4. The monoisotopic (exact) mass is 547 g/mol. The van der Waals surface area contributed by atoms with Crippen molar-refractivity contribution >= 4 is 44.5 Å². The average molecular weight is 548 g/mol. The van der Waals surface area contributed by atoms with Crippen molar-refractivity contribution in [2.24, 2.45) is 5.73 Å². The van der Waals surface area contributed by atoms with Crippen LogP contribution in [-0.2, 0) is 6.61 Å². The van der Waals surface area contributed by atoms with E-state index < -0.39 is 5.91 Å². The molecule has 0 unspecified atom stereocenters. The number of methoxy groups -OCH3 is 2. The molecule has 10 nitrogen and oxygen atoms in total. The van der Waals surface area contributed by atoms with Crippen LogP contribution in [0, 0.1) is 6.92 Å². The number of aromatic nitrogens is 4. The molecule has 0 spiro atoms. The number of nitrogens with two attached hydrogens (primary N) is 1. The number of furan rings is 1. The van der Waals surface area contributed by atoms with E-state index in [2.05, 4.69) is 10.1 Å². The van der Waals surface area contributed by atoms with Crippen LogP contribution in [0.15, 0.2) is 52.4 Å². The molecule has 6 aromatic rings. The summed E-state index contributed by atoms with van der Waals surface area (Å²) in [5.41, 5.74) is 9.68. The molecule has 0 aliphatic rings. The van der Waals surface area contributed by atoms with Crippen molar-refractivity contribution in [2.45, 2.75) is 13.5 Å². The smallest absolute Gasteiger partial charge is 0.294 e. The molecular formula is C26H21N5O5S2. The standard InChI is InChI=1S/C26H21N5O5S2/c1-13-6-14(4-5-17(13)23(27)32)24-28-15(12-37-24)11-35-20-7-16(33-2)8-21-18(20)9-22(36-21)19-10-31-25(29-19)38-26(30-31)34-3/h4-10,12H,11H2,1-3H3,(H2,27,32). The fraction of sp³-hybridized carbons (Fsp3) is 0.154. The number of benzene rings is 2. The summed E-state index contributed by atoms with van der Waals surface area (Å²) in [5.74, 6) is 1.35. The molecule has 4 aromatic heterocycles. The van der Waals surface area contributed by atoms with Crippen LogP contribution in [0.25, 0.3) is 38.0 Å². The van der Waals surface area contributed by atoms with Gasteiger partial charge >= 0.3 is 0 Å². The Bertz CT molecular complexity index is 1780. The Balaban J connectivity index is 1.26. The summed E-state index contributed by atoms with van der Waals surface area (Å²) in [4.78, 5) is 21.5. The molecule has 12 heteroatoms. The molecule has 2 N–H and O–H groups in total. The second-order valence-electron chi connectivity index (χ2n) is 8.40. The SMILES string of the molecule is COc1cc(OCc2csc(-c3ccc(C(N)=O)c(C)c3)n2)c2cc(-c3cn4nc(OC)sc4n3)oc2c1. The van der Waals surface area contributed by atoms with Crippen LogP contribution in [0.2, 0.25) is 0 Å². The number of amides is 1. The number of carbonyl (C=O) groups is 1. The van der Waals surface area contributed by atoms with Gasteiger partial charge in [0.15, 0.2) is 5.76 Å². The number of primary amides is 1. The first-order valence-corrected chi connectivity index (χ1v) is 13.1. The summed E-state index contributed by atoms with van der Waals surface area (Å²) in [6.07, 6.45) is 1.79. The first-order valence-electron chi connectivity index (χ1n) is 11.4. The highest BCUT2D eigenvalue weighted by atomic mass is 32.1. The topological polar surface area (TPSA) is 127 Å². The summed E-state index contributed by atoms with van der Waals surface area (Å²) in [6.45, 7) is 2.11. The van der Waals surface area contributed by atoms with E-state index in [4.69, 9.17) is 29.3 Å². The van der Waals surface area contributed by atoms with Gasteiger partial charge in [-0.25, -0.2) is 14.5 Å². The van der Waals surface area contributed by atoms with Crippen molar-refractivity contribution in [3.05, 3.63) is 64.8 Å². The third-order valence-electron chi connectivity index (χ3n) is 5.93. The number of aryl methyl sites for hydroxylation is 1. The number of hydrogen-bond donors (Lipinski definition) is 1. The number of hydrogen-bond acceptors (Lipinski definition) is 10. The van der Waals surface area contributed by atoms with E-state index in [-0.39, 0.29) is 6.61 Å². The Hall–Kier alpha value is -4.42. The van der Waals surface area contributed by atoms with Crippen LogP contribution < -0.4 is 19.9 Å². The lowest BCUT2D eigenvalue weighted by Crippen LogP contribution is -2.12. The second kappa shape index (κ2) is 9.47. The minimum absolute atomic E-state index is 0.252. The first kappa shape index (κ1) is 23.9. The maximum atomic E-state index is 11.5. The number of ether oxygens (including phenoxy) is 3. The van der Waals surface area contributed by atoms with Gasteiger partial charge in [0.2, 0.25) is 10.9 Å². The predicted molar refractivity (Wildman–Crippen MR) is 144 cm³/mol. The van der Waals surface area contributed by atoms with Gasteiger partial charge in [-0.05, 0) is 42.0 Å². The van der Waals surface area contributed by atoms with Gasteiger partial charge in [-0.3, -0.25) is 4.79 Å². The molecule has 192 valence electrons. The third-order valence-corrected chi connectivity index (χ3v) is 7.75. The Morgan fingerprint density at radius 3 is 2.74 bits per heavy atom. The summed E-state index contributed by atoms with van der Waals surface area (Å²) in [6, 6.07) is 11.0. The quantitative estimate of drug-likeness (QED) is 0.271. The highest BCUT2D eigenvalue weighted by molar-refractivity contribution is 7.18. The zero-order valence-electron chi connectivity index (χ0n) is 20.5. The fourth-order valence-electron chi connectivity index (χ4n) is 4.06. The average Bonchev–Trinajstić information content (AvgIpc) is 3.69. The van der Waals surface area contributed by atoms with Crippen LogP contribution in [0.3, 0.4) is 0 Å². The van der Waals surface area contributed by atoms with E-state index in [0.29, 0.717) is 44.3 Å². The van der Waals surface area contributed by atoms with Crippen molar-refractivity contribution in [2.75, 3.05) is 14.2 Å². The van der Waals surface area contributed by atoms with Gasteiger partial charge in [0.05, 0.1) is 31.5 Å². The van der Waals surface area contributed by atoms with E-state index in [9.17, 15) is 4.79 Å². The molecule has 0 aliphatic heterocycles. The van der Waals surface area contributed by atoms with E-state index in [1.54, 1.807) is 31.0 Å². The van der Waals surface area contributed by atoms with E-state index in [0.717, 1.165) is 27.2 Å². The summed E-state index contributed by atoms with van der Waals surface area (Å²) < 4.78 is 24.6. The van der Waals surface area contributed by atoms with Crippen molar-refractivity contribution < 1.29 is 23.4 Å². The lowest BCUT2D eigenvalue weighted by Gasteiger charge is -2.08. The Morgan fingerprint density at radius 2 is 2.00 bits per heavy atom. The van der Waals surface area contributed by atoms with Crippen LogP contribution in [-0.4, -0.2) is 39.7 Å². The number of fused-ring (bicyclic) bond motifs is 2. The van der Waals surface area contributed by atoms with Crippen molar-refractivity contribution in [3.8, 4) is 38.7 Å². The minimum atomic E-state index is -0.445. The normalized spacial score (nSPS) is 11.3. The van der Waals surface area contributed by atoms with Crippen molar-refractivity contribution in [3.63, 3.8) is 0 Å². The minimum Gasteiger partial charge on any atom is -0.496 e. The zero-order valence-corrected chi connectivity index (χ0v) is 22.2. The van der Waals surface area contributed by atoms with Gasteiger partial charge < -0.3 is 24.4 Å². The molecule has 6 rings (SSSR count). The zero-order chi connectivity index (χ0) is 26.4. The van der Waals surface area contributed by atoms with Crippen molar-refractivity contribution in [1.82, 2.24) is 19.6 Å². The molecule has 0 fully saturated rings. The molecule has 0 saturated heterocycles. The number of carbonyl (C=O) groups excluding carboxylic acids is 1. The summed E-state index contributed by atoms with van der Waals surface area (Å²) in [5, 5.41) is 8.42. The fourth-order valence-corrected chi connectivity index (χ4v) is 5.56. The molecule has 0 radical (unpaired) electrons. The lowest BCUT2D eigenvalue weighted by atomic mass is 10.1. The molecular weight excluding hydrogens is 526 g/mol. The van der Waals surface area contributed by atoms with Gasteiger partial charge in [-0.1, -0.05) is 6.07 Å². The Kier molecular flexibility index (Phi) is 5.97. The van der Waals surface area contributed by atoms with Gasteiger partial charge in [0.1, 0.15) is 34.4 Å². The summed E-state index contributed by atoms with van der Waals surface area (Å²) >= 11 is 2.85. The summed E-state index contributed by atoms with van der Waals surface area (Å²) in [7, 11) is 3.17. The van der Waals surface area contributed by atoms with Gasteiger partial charge in [0, 0.05) is 28.6 Å². The Labute approximate surface area is 224 Å². The van der Waals surface area contributed by atoms with Crippen LogP contribution >= 0.6 is 22.7 Å². The maximum absolute atomic E-state index is 11.5. The van der Waals surface area contributed by atoms with Gasteiger partial charge in [-0.15, -0.1) is 16.4 Å². The molecule has 38 heavy (non-hydrogen) atoms. The van der Waals surface area contributed by atoms with Gasteiger partial charge in [-0.2, -0.15) is 0 Å². The van der Waals surface area contributed by atoms with E-state index >= 15 is 0 Å². The van der Waals surface area contributed by atoms with Crippen LogP contribution in [0.5, 0.6) is 16.7 Å². The number of nitrogens with zero attached hydrogens (tertiary/aromatic N) is 4. The number of rotatable bonds is 8.